The van der Waals surface area contributed by atoms with E-state index in [0.717, 1.165) is 0 Å². The molecule has 10 heteroatoms. The van der Waals surface area contributed by atoms with Crippen LogP contribution in [0.1, 0.15) is 38.1 Å². The number of carbonyl (C=O) groups is 3. The van der Waals surface area contributed by atoms with Gasteiger partial charge in [0, 0.05) is 11.1 Å². The van der Waals surface area contributed by atoms with Crippen LogP contribution in [-0.2, 0) is 19.1 Å². The lowest BCUT2D eigenvalue weighted by Crippen LogP contribution is -2.87. The molecule has 178 valence electrons. The summed E-state index contributed by atoms with van der Waals surface area (Å²) < 4.78 is 11.0. The number of hydrogen-bond acceptors (Lipinski definition) is 5. The van der Waals surface area contributed by atoms with Crippen LogP contribution in [0.2, 0.25) is 13.1 Å². The number of ether oxygens (including phenoxy) is 2. The van der Waals surface area contributed by atoms with Gasteiger partial charge in [0.25, 0.3) is 11.8 Å². The van der Waals surface area contributed by atoms with Crippen molar-refractivity contribution in [1.82, 2.24) is 10.2 Å². The van der Waals surface area contributed by atoms with Crippen LogP contribution in [0.15, 0.2) is 42.5 Å². The standard InChI is InChI=1S/C23H32N4O5Si/c1-8-31-19(29)17(26-24)15(2)14-32-21-23(33(6)7,20(30)27(21)22(3,4)5)25-18(28)16-12-10-9-11-13-16/h9-13,21,33H,2,8,14H2,1,3-7H3,(H,25,28)/t21-,23-/m1/s1. The number of esters is 1. The van der Waals surface area contributed by atoms with Crippen LogP contribution < -0.4 is 5.32 Å². The first-order chi connectivity index (χ1) is 15.4. The van der Waals surface area contributed by atoms with Crippen molar-refractivity contribution in [2.75, 3.05) is 13.2 Å². The third-order valence-corrected chi connectivity index (χ3v) is 8.00. The minimum absolute atomic E-state index is 0.0952. The number of benzene rings is 1. The van der Waals surface area contributed by atoms with Gasteiger partial charge in [0.1, 0.15) is 5.16 Å². The summed E-state index contributed by atoms with van der Waals surface area (Å²) >= 11 is 0. The first-order valence-corrected chi connectivity index (χ1v) is 13.7. The Balaban J connectivity index is 2.35. The highest BCUT2D eigenvalue weighted by molar-refractivity contribution is 6.66. The molecule has 33 heavy (non-hydrogen) atoms. The summed E-state index contributed by atoms with van der Waals surface area (Å²) in [5.41, 5.74) is 8.84. The fourth-order valence-corrected chi connectivity index (χ4v) is 5.62. The lowest BCUT2D eigenvalue weighted by molar-refractivity contribution is -0.204. The topological polar surface area (TPSA) is 121 Å². The van der Waals surface area contributed by atoms with Gasteiger partial charge in [-0.2, -0.15) is 4.79 Å². The molecule has 0 aliphatic carbocycles. The van der Waals surface area contributed by atoms with E-state index in [-0.39, 0.29) is 36.3 Å². The zero-order valence-electron chi connectivity index (χ0n) is 20.0. The molecular formula is C23H32N4O5Si. The SMILES string of the molecule is C=C(CO[C@H]1N(C(C)(C)C)C(=O)[C@@]1(NC(=O)c1ccccc1)[SiH](C)C)C(=[N+]=[N-])C(=O)OCC. The van der Waals surface area contributed by atoms with E-state index in [2.05, 4.69) is 16.7 Å². The number of carbonyl (C=O) groups excluding carboxylic acids is 3. The molecule has 0 unspecified atom stereocenters. The van der Waals surface area contributed by atoms with E-state index in [4.69, 9.17) is 9.47 Å². The number of β-lactam (4-membered cyclic amide) rings is 1. The molecule has 0 bridgehead atoms. The van der Waals surface area contributed by atoms with Gasteiger partial charge in [0.05, 0.1) is 27.6 Å². The van der Waals surface area contributed by atoms with Crippen LogP contribution in [-0.4, -0.2) is 72.1 Å². The molecule has 0 saturated carbocycles. The van der Waals surface area contributed by atoms with Gasteiger partial charge in [-0.25, -0.2) is 4.79 Å². The number of likely N-dealkylation sites (tertiary alicyclic amines) is 1. The Labute approximate surface area is 196 Å². The molecule has 2 amide bonds. The van der Waals surface area contributed by atoms with Gasteiger partial charge < -0.3 is 25.2 Å². The fourth-order valence-electron chi connectivity index (χ4n) is 3.76. The van der Waals surface area contributed by atoms with Crippen molar-refractivity contribution in [3.8, 4) is 0 Å². The zero-order chi connectivity index (χ0) is 25.0. The van der Waals surface area contributed by atoms with Gasteiger partial charge in [0.2, 0.25) is 0 Å². The second-order valence-corrected chi connectivity index (χ2v) is 12.3. The second-order valence-electron chi connectivity index (χ2n) is 9.13. The lowest BCUT2D eigenvalue weighted by atomic mass is 9.93. The highest BCUT2D eigenvalue weighted by atomic mass is 28.3. The maximum absolute atomic E-state index is 13.5. The summed E-state index contributed by atoms with van der Waals surface area (Å²) in [6.07, 6.45) is -0.789. The number of rotatable bonds is 9. The van der Waals surface area contributed by atoms with Crippen molar-refractivity contribution in [2.45, 2.75) is 57.7 Å². The molecule has 1 aromatic rings. The Kier molecular flexibility index (Phi) is 8.13. The minimum atomic E-state index is -1.89. The third-order valence-electron chi connectivity index (χ3n) is 5.51. The van der Waals surface area contributed by atoms with Gasteiger partial charge in [-0.15, -0.1) is 0 Å². The van der Waals surface area contributed by atoms with E-state index in [0.29, 0.717) is 5.56 Å². The van der Waals surface area contributed by atoms with Crippen molar-refractivity contribution in [1.29, 1.82) is 0 Å². The molecule has 1 fully saturated rings. The first kappa shape index (κ1) is 26.2. The molecule has 1 aromatic carbocycles. The van der Waals surface area contributed by atoms with E-state index in [1.54, 1.807) is 42.2 Å². The second kappa shape index (κ2) is 10.2. The highest BCUT2D eigenvalue weighted by Crippen LogP contribution is 2.40. The van der Waals surface area contributed by atoms with E-state index >= 15 is 0 Å². The summed E-state index contributed by atoms with van der Waals surface area (Å²) in [4.78, 5) is 43.1. The van der Waals surface area contributed by atoms with Gasteiger partial charge in [-0.1, -0.05) is 37.9 Å². The maximum atomic E-state index is 13.5. The Bertz CT molecular complexity index is 982. The number of amides is 2. The summed E-state index contributed by atoms with van der Waals surface area (Å²) in [5, 5.41) is 1.77. The maximum Gasteiger partial charge on any atom is 0.421 e. The molecule has 1 N–H and O–H groups in total. The van der Waals surface area contributed by atoms with E-state index in [1.165, 1.54) is 0 Å². The molecule has 1 heterocycles. The van der Waals surface area contributed by atoms with Crippen LogP contribution in [0.25, 0.3) is 5.53 Å². The van der Waals surface area contributed by atoms with Gasteiger partial charge in [-0.3, -0.25) is 9.59 Å². The van der Waals surface area contributed by atoms with Crippen LogP contribution in [0.5, 0.6) is 0 Å². The van der Waals surface area contributed by atoms with Gasteiger partial charge >= 0.3 is 11.7 Å². The van der Waals surface area contributed by atoms with Crippen molar-refractivity contribution in [3.63, 3.8) is 0 Å². The average Bonchev–Trinajstić information content (AvgIpc) is 2.74. The van der Waals surface area contributed by atoms with Crippen LogP contribution >= 0.6 is 0 Å². The average molecular weight is 473 g/mol. The quantitative estimate of drug-likeness (QED) is 0.147. The van der Waals surface area contributed by atoms with E-state index < -0.39 is 31.7 Å². The molecule has 2 rings (SSSR count). The Morgan fingerprint density at radius 3 is 2.36 bits per heavy atom. The minimum Gasteiger partial charge on any atom is -0.457 e. The summed E-state index contributed by atoms with van der Waals surface area (Å²) in [7, 11) is -1.89. The molecule has 0 radical (unpaired) electrons. The Hall–Kier alpha value is -3.07. The smallest absolute Gasteiger partial charge is 0.421 e. The van der Waals surface area contributed by atoms with Crippen molar-refractivity contribution >= 4 is 32.3 Å². The summed E-state index contributed by atoms with van der Waals surface area (Å²) in [6.45, 7) is 14.9. The van der Waals surface area contributed by atoms with Crippen molar-refractivity contribution < 1.29 is 28.6 Å². The predicted octanol–water partition coefficient (Wildman–Crippen LogP) is 1.95. The zero-order valence-corrected chi connectivity index (χ0v) is 21.2. The van der Waals surface area contributed by atoms with E-state index in [1.807, 2.05) is 33.9 Å². The fraction of sp³-hybridized carbons (Fsp3) is 0.478. The highest BCUT2D eigenvalue weighted by Gasteiger charge is 2.66. The Morgan fingerprint density at radius 1 is 1.27 bits per heavy atom. The number of nitrogens with zero attached hydrogens (tertiary/aromatic N) is 3. The molecule has 0 spiro atoms. The molecule has 1 saturated heterocycles. The monoisotopic (exact) mass is 472 g/mol. The third kappa shape index (κ3) is 5.13. The first-order valence-electron chi connectivity index (χ1n) is 10.8. The summed E-state index contributed by atoms with van der Waals surface area (Å²) in [6, 6.07) is 8.66. The Morgan fingerprint density at radius 2 is 1.88 bits per heavy atom. The molecule has 2 atom stereocenters. The van der Waals surface area contributed by atoms with Crippen molar-refractivity contribution in [3.05, 3.63) is 53.6 Å². The molecule has 9 nitrogen and oxygen atoms in total. The van der Waals surface area contributed by atoms with Crippen LogP contribution in [0.3, 0.4) is 0 Å². The normalized spacial score (nSPS) is 20.0. The van der Waals surface area contributed by atoms with E-state index in [9.17, 15) is 19.9 Å². The molecule has 0 aromatic heterocycles. The predicted molar refractivity (Wildman–Crippen MR) is 126 cm³/mol. The molecular weight excluding hydrogens is 440 g/mol. The lowest BCUT2D eigenvalue weighted by Gasteiger charge is -2.61. The van der Waals surface area contributed by atoms with Crippen LogP contribution in [0, 0.1) is 0 Å². The van der Waals surface area contributed by atoms with Gasteiger partial charge in [0.15, 0.2) is 6.23 Å². The number of hydrogen-bond donors (Lipinski definition) is 1. The van der Waals surface area contributed by atoms with Crippen molar-refractivity contribution in [2.24, 2.45) is 0 Å². The van der Waals surface area contributed by atoms with Gasteiger partial charge in [-0.05, 0) is 39.8 Å². The summed E-state index contributed by atoms with van der Waals surface area (Å²) in [5.74, 6) is -1.40. The molecule has 1 aliphatic rings. The largest absolute Gasteiger partial charge is 0.457 e. The molecule has 1 aliphatic heterocycles. The van der Waals surface area contributed by atoms with Crippen LogP contribution in [0.4, 0.5) is 0 Å². The number of nitrogens with one attached hydrogen (secondary N) is 1.